The van der Waals surface area contributed by atoms with Crippen molar-refractivity contribution < 1.29 is 9.50 Å². The van der Waals surface area contributed by atoms with Gasteiger partial charge in [-0.3, -0.25) is 0 Å². The number of rotatable bonds is 2. The van der Waals surface area contributed by atoms with Crippen LogP contribution in [0.25, 0.3) is 10.9 Å². The smallest absolute Gasteiger partial charge is 0.218 e. The van der Waals surface area contributed by atoms with Crippen LogP contribution >= 0.6 is 12.2 Å². The molecule has 5 nitrogen and oxygen atoms in total. The normalized spacial score (nSPS) is 25.7. The van der Waals surface area contributed by atoms with E-state index in [2.05, 4.69) is 32.7 Å². The van der Waals surface area contributed by atoms with Gasteiger partial charge in [0.2, 0.25) is 11.0 Å². The van der Waals surface area contributed by atoms with Gasteiger partial charge in [0.25, 0.3) is 0 Å². The predicted octanol–water partition coefficient (Wildman–Crippen LogP) is 3.94. The van der Waals surface area contributed by atoms with Crippen molar-refractivity contribution in [3.8, 4) is 5.88 Å². The molecule has 0 saturated heterocycles. The Balaban J connectivity index is 1.52. The number of thiocarbonyl (C=S) groups is 1. The Kier molecular flexibility index (Phi) is 3.37. The Labute approximate surface area is 137 Å². The van der Waals surface area contributed by atoms with E-state index in [1.165, 1.54) is 18.6 Å². The van der Waals surface area contributed by atoms with Crippen molar-refractivity contribution in [2.75, 3.05) is 0 Å². The summed E-state index contributed by atoms with van der Waals surface area (Å²) in [6.07, 6.45) is 6.70. The number of nitrogens with one attached hydrogen (secondary N) is 2. The molecule has 1 saturated carbocycles. The molecule has 2 bridgehead atoms. The Morgan fingerprint density at radius 2 is 2.22 bits per heavy atom. The van der Waals surface area contributed by atoms with Crippen molar-refractivity contribution in [1.82, 2.24) is 10.3 Å². The molecular formula is C16H15FN4OS. The van der Waals surface area contributed by atoms with Gasteiger partial charge in [-0.05, 0) is 55.1 Å². The average molecular weight is 330 g/mol. The van der Waals surface area contributed by atoms with E-state index < -0.39 is 5.82 Å². The lowest BCUT2D eigenvalue weighted by atomic mass is 10.0. The summed E-state index contributed by atoms with van der Waals surface area (Å²) in [4.78, 5) is 2.74. The summed E-state index contributed by atoms with van der Waals surface area (Å²) in [5.41, 5.74) is 0.784. The van der Waals surface area contributed by atoms with E-state index in [0.717, 1.165) is 6.42 Å². The van der Waals surface area contributed by atoms with Crippen LogP contribution in [0.2, 0.25) is 0 Å². The molecule has 0 radical (unpaired) electrons. The van der Waals surface area contributed by atoms with E-state index in [1.807, 2.05) is 0 Å². The molecule has 2 aliphatic carbocycles. The van der Waals surface area contributed by atoms with Gasteiger partial charge >= 0.3 is 0 Å². The molecule has 1 heterocycles. The number of aromatic nitrogens is 1. The molecule has 2 aromatic rings. The number of benzene rings is 1. The predicted molar refractivity (Wildman–Crippen MR) is 89.3 cm³/mol. The van der Waals surface area contributed by atoms with Gasteiger partial charge in [0.15, 0.2) is 5.69 Å². The minimum absolute atomic E-state index is 0.153. The van der Waals surface area contributed by atoms with Gasteiger partial charge in [-0.2, -0.15) is 0 Å². The maximum Gasteiger partial charge on any atom is 0.218 e. The highest BCUT2D eigenvalue weighted by Crippen LogP contribution is 2.39. The lowest BCUT2D eigenvalue weighted by Gasteiger charge is -2.19. The number of aromatic hydroxyl groups is 1. The molecule has 23 heavy (non-hydrogen) atoms. The molecule has 3 N–H and O–H groups in total. The summed E-state index contributed by atoms with van der Waals surface area (Å²) in [5.74, 6) is 0.587. The van der Waals surface area contributed by atoms with Gasteiger partial charge in [0.1, 0.15) is 5.82 Å². The van der Waals surface area contributed by atoms with Gasteiger partial charge < -0.3 is 15.4 Å². The van der Waals surface area contributed by atoms with Crippen LogP contribution in [-0.2, 0) is 0 Å². The minimum Gasteiger partial charge on any atom is -0.493 e. The van der Waals surface area contributed by atoms with E-state index in [0.29, 0.717) is 28.8 Å². The van der Waals surface area contributed by atoms with Gasteiger partial charge in [-0.15, -0.1) is 10.2 Å². The molecular weight excluding hydrogens is 315 g/mol. The molecule has 0 aliphatic heterocycles. The fourth-order valence-electron chi connectivity index (χ4n) is 3.47. The average Bonchev–Trinajstić information content (AvgIpc) is 3.19. The van der Waals surface area contributed by atoms with Crippen molar-refractivity contribution in [3.63, 3.8) is 0 Å². The summed E-state index contributed by atoms with van der Waals surface area (Å²) >= 11 is 5.21. The maximum atomic E-state index is 13.4. The van der Waals surface area contributed by atoms with E-state index in [1.54, 1.807) is 6.07 Å². The zero-order chi connectivity index (χ0) is 16.0. The topological polar surface area (TPSA) is 72.8 Å². The number of halogens is 1. The molecule has 0 unspecified atom stereocenters. The van der Waals surface area contributed by atoms with Crippen LogP contribution in [0.3, 0.4) is 0 Å². The first kappa shape index (κ1) is 14.3. The molecule has 7 heteroatoms. The molecule has 1 fully saturated rings. The number of aromatic amines is 1. The van der Waals surface area contributed by atoms with Crippen molar-refractivity contribution in [3.05, 3.63) is 36.2 Å². The van der Waals surface area contributed by atoms with E-state index in [-0.39, 0.29) is 16.7 Å². The standard InChI is InChI=1S/C16H15FN4OS/c17-10-3-4-12-11(7-10)14(15(22)18-12)20-21-16(23)19-13-6-8-1-2-9(13)5-8/h1-4,7-9,13,18,22H,5-6H2,(H,19,23)/t8-,9-,13+/m1/s1. The van der Waals surface area contributed by atoms with Crippen LogP contribution in [-0.4, -0.2) is 21.2 Å². The Morgan fingerprint density at radius 3 is 2.96 bits per heavy atom. The Bertz CT molecular complexity index is 844. The van der Waals surface area contributed by atoms with Crippen molar-refractivity contribution in [2.24, 2.45) is 22.1 Å². The summed E-state index contributed by atoms with van der Waals surface area (Å²) in [5, 5.41) is 21.8. The van der Waals surface area contributed by atoms with Gasteiger partial charge in [-0.1, -0.05) is 12.2 Å². The molecule has 4 rings (SSSR count). The maximum absolute atomic E-state index is 13.4. The van der Waals surface area contributed by atoms with Crippen LogP contribution in [0, 0.1) is 17.7 Å². The lowest BCUT2D eigenvalue weighted by Crippen LogP contribution is -2.35. The Morgan fingerprint density at radius 1 is 1.35 bits per heavy atom. The number of hydrogen-bond donors (Lipinski definition) is 3. The van der Waals surface area contributed by atoms with Gasteiger partial charge in [0.05, 0.1) is 5.52 Å². The number of H-pyrrole nitrogens is 1. The zero-order valence-corrected chi connectivity index (χ0v) is 13.0. The summed E-state index contributed by atoms with van der Waals surface area (Å²) in [6, 6.07) is 4.46. The van der Waals surface area contributed by atoms with Gasteiger partial charge in [0, 0.05) is 11.4 Å². The highest BCUT2D eigenvalue weighted by molar-refractivity contribution is 7.80. The first-order chi connectivity index (χ1) is 11.1. The van der Waals surface area contributed by atoms with Crippen LogP contribution in [0.1, 0.15) is 12.8 Å². The molecule has 3 atom stereocenters. The number of azo groups is 1. The van der Waals surface area contributed by atoms with Crippen LogP contribution in [0.15, 0.2) is 40.6 Å². The fourth-order valence-corrected chi connectivity index (χ4v) is 3.66. The minimum atomic E-state index is -0.401. The number of hydrogen-bond acceptors (Lipinski definition) is 3. The summed E-state index contributed by atoms with van der Waals surface area (Å²) in [7, 11) is 0. The summed E-state index contributed by atoms with van der Waals surface area (Å²) in [6.45, 7) is 0. The molecule has 0 spiro atoms. The third kappa shape index (κ3) is 2.61. The van der Waals surface area contributed by atoms with Crippen molar-refractivity contribution in [1.29, 1.82) is 0 Å². The molecule has 1 aromatic heterocycles. The molecule has 118 valence electrons. The first-order valence-corrected chi connectivity index (χ1v) is 7.92. The highest BCUT2D eigenvalue weighted by atomic mass is 32.1. The third-order valence-corrected chi connectivity index (χ3v) is 4.74. The summed E-state index contributed by atoms with van der Waals surface area (Å²) < 4.78 is 13.4. The Hall–Kier alpha value is -2.28. The molecule has 0 amide bonds. The lowest BCUT2D eigenvalue weighted by molar-refractivity contribution is 0.459. The molecule has 2 aliphatic rings. The van der Waals surface area contributed by atoms with Gasteiger partial charge in [-0.25, -0.2) is 4.39 Å². The second kappa shape index (κ2) is 5.42. The number of nitrogens with zero attached hydrogens (tertiary/aromatic N) is 2. The van der Waals surface area contributed by atoms with E-state index in [4.69, 9.17) is 12.2 Å². The van der Waals surface area contributed by atoms with Crippen molar-refractivity contribution >= 4 is 33.9 Å². The fraction of sp³-hybridized carbons (Fsp3) is 0.312. The van der Waals surface area contributed by atoms with Crippen LogP contribution in [0.4, 0.5) is 10.1 Å². The molecule has 1 aromatic carbocycles. The van der Waals surface area contributed by atoms with E-state index >= 15 is 0 Å². The second-order valence-electron chi connectivity index (χ2n) is 6.05. The number of allylic oxidation sites excluding steroid dienone is 1. The zero-order valence-electron chi connectivity index (χ0n) is 12.2. The van der Waals surface area contributed by atoms with Crippen molar-refractivity contribution in [2.45, 2.75) is 18.9 Å². The highest BCUT2D eigenvalue weighted by Gasteiger charge is 2.35. The largest absolute Gasteiger partial charge is 0.493 e. The third-order valence-electron chi connectivity index (χ3n) is 4.54. The SMILES string of the molecule is Oc1[nH]c2ccc(F)cc2c1N=NC(=S)N[C@H]1C[C@@H]2C=C[C@@H]1C2. The second-order valence-corrected chi connectivity index (χ2v) is 6.44. The van der Waals surface area contributed by atoms with Crippen LogP contribution < -0.4 is 5.32 Å². The number of fused-ring (bicyclic) bond motifs is 3. The monoisotopic (exact) mass is 330 g/mol. The van der Waals surface area contributed by atoms with E-state index in [9.17, 15) is 9.50 Å². The first-order valence-electron chi connectivity index (χ1n) is 7.51. The van der Waals surface area contributed by atoms with Crippen LogP contribution in [0.5, 0.6) is 5.88 Å². The quantitative estimate of drug-likeness (QED) is 0.444.